The second-order valence-corrected chi connectivity index (χ2v) is 7.23. The van der Waals surface area contributed by atoms with Gasteiger partial charge in [0, 0.05) is 11.3 Å². The maximum atomic E-state index is 12.5. The summed E-state index contributed by atoms with van der Waals surface area (Å²) in [6, 6.07) is 17.5. The number of nitrogens with zero attached hydrogens (tertiary/aromatic N) is 2. The Labute approximate surface area is 166 Å². The predicted molar refractivity (Wildman–Crippen MR) is 111 cm³/mol. The van der Waals surface area contributed by atoms with Crippen molar-refractivity contribution in [2.45, 2.75) is 40.3 Å². The molecule has 0 spiro atoms. The summed E-state index contributed by atoms with van der Waals surface area (Å²) in [7, 11) is 0. The molecule has 0 fully saturated rings. The summed E-state index contributed by atoms with van der Waals surface area (Å²) >= 11 is 0. The minimum atomic E-state index is -0.0986. The van der Waals surface area contributed by atoms with Crippen LogP contribution in [-0.2, 0) is 6.54 Å². The van der Waals surface area contributed by atoms with Crippen LogP contribution in [0.3, 0.4) is 0 Å². The average molecular weight is 377 g/mol. The Morgan fingerprint density at radius 3 is 2.46 bits per heavy atom. The molecule has 28 heavy (non-hydrogen) atoms. The van der Waals surface area contributed by atoms with E-state index in [4.69, 9.17) is 4.74 Å². The van der Waals surface area contributed by atoms with Crippen molar-refractivity contribution in [2.24, 2.45) is 0 Å². The Hall–Kier alpha value is -3.08. The van der Waals surface area contributed by atoms with E-state index in [9.17, 15) is 4.79 Å². The van der Waals surface area contributed by atoms with Gasteiger partial charge in [-0.3, -0.25) is 9.48 Å². The van der Waals surface area contributed by atoms with Gasteiger partial charge >= 0.3 is 0 Å². The summed E-state index contributed by atoms with van der Waals surface area (Å²) in [5.74, 6) is 0.746. The molecule has 0 aliphatic carbocycles. The van der Waals surface area contributed by atoms with Gasteiger partial charge in [-0.05, 0) is 63.1 Å². The van der Waals surface area contributed by atoms with Gasteiger partial charge in [0.15, 0.2) is 0 Å². The highest BCUT2D eigenvalue weighted by Gasteiger charge is 2.11. The van der Waals surface area contributed by atoms with Gasteiger partial charge in [-0.1, -0.05) is 30.3 Å². The molecule has 1 amide bonds. The highest BCUT2D eigenvalue weighted by molar-refractivity contribution is 5.94. The quantitative estimate of drug-likeness (QED) is 0.676. The van der Waals surface area contributed by atoms with Crippen molar-refractivity contribution in [1.29, 1.82) is 0 Å². The van der Waals surface area contributed by atoms with Crippen LogP contribution in [0.4, 0.5) is 0 Å². The zero-order chi connectivity index (χ0) is 20.1. The molecule has 3 aromatic rings. The number of amides is 1. The molecule has 1 N–H and O–H groups in total. The van der Waals surface area contributed by atoms with Gasteiger partial charge in [-0.2, -0.15) is 5.10 Å². The number of nitrogens with one attached hydrogen (secondary N) is 1. The van der Waals surface area contributed by atoms with E-state index in [2.05, 4.69) is 16.5 Å². The molecule has 1 unspecified atom stereocenters. The van der Waals surface area contributed by atoms with Crippen LogP contribution < -0.4 is 10.1 Å². The molecule has 1 aromatic heterocycles. The van der Waals surface area contributed by atoms with Crippen LogP contribution in [0.1, 0.15) is 39.8 Å². The number of benzene rings is 2. The number of carbonyl (C=O) groups excluding carboxylic acids is 1. The Morgan fingerprint density at radius 1 is 1.11 bits per heavy atom. The van der Waals surface area contributed by atoms with Crippen LogP contribution in [-0.4, -0.2) is 28.3 Å². The first kappa shape index (κ1) is 19.7. The van der Waals surface area contributed by atoms with Crippen LogP contribution in [0.15, 0.2) is 54.6 Å². The molecule has 5 nitrogen and oxygen atoms in total. The monoisotopic (exact) mass is 377 g/mol. The van der Waals surface area contributed by atoms with E-state index in [1.165, 1.54) is 0 Å². The van der Waals surface area contributed by atoms with Crippen molar-refractivity contribution in [3.05, 3.63) is 82.7 Å². The normalized spacial score (nSPS) is 11.9. The largest absolute Gasteiger partial charge is 0.491 e. The third-order valence-corrected chi connectivity index (χ3v) is 4.61. The first-order valence-corrected chi connectivity index (χ1v) is 9.51. The molecule has 3 rings (SSSR count). The molecule has 1 atom stereocenters. The fourth-order valence-electron chi connectivity index (χ4n) is 3.05. The molecular weight excluding hydrogens is 350 g/mol. The number of para-hydroxylation sites is 1. The lowest BCUT2D eigenvalue weighted by Crippen LogP contribution is -2.36. The molecule has 0 radical (unpaired) electrons. The Kier molecular flexibility index (Phi) is 6.14. The van der Waals surface area contributed by atoms with Crippen LogP contribution >= 0.6 is 0 Å². The number of hydrogen-bond acceptors (Lipinski definition) is 3. The van der Waals surface area contributed by atoms with Gasteiger partial charge in [0.2, 0.25) is 0 Å². The lowest BCUT2D eigenvalue weighted by Gasteiger charge is -2.16. The number of aryl methyl sites for hydroxylation is 3. The molecule has 146 valence electrons. The summed E-state index contributed by atoms with van der Waals surface area (Å²) in [6.07, 6.45) is 0. The third kappa shape index (κ3) is 5.00. The fraction of sp³-hybridized carbons (Fsp3) is 0.304. The van der Waals surface area contributed by atoms with Crippen molar-refractivity contribution >= 4 is 5.91 Å². The van der Waals surface area contributed by atoms with Crippen molar-refractivity contribution in [2.75, 3.05) is 6.61 Å². The van der Waals surface area contributed by atoms with E-state index in [1.54, 1.807) is 0 Å². The van der Waals surface area contributed by atoms with Gasteiger partial charge in [0.25, 0.3) is 5.91 Å². The summed E-state index contributed by atoms with van der Waals surface area (Å²) in [6.45, 7) is 9.09. The van der Waals surface area contributed by atoms with E-state index in [0.717, 1.165) is 28.3 Å². The first-order chi connectivity index (χ1) is 13.4. The van der Waals surface area contributed by atoms with Gasteiger partial charge in [0.05, 0.1) is 18.3 Å². The SMILES string of the molecule is Cc1cc(C)n(Cc2ccc(C(=O)NC(C)COc3ccccc3C)cc2)n1. The van der Waals surface area contributed by atoms with Crippen LogP contribution in [0, 0.1) is 20.8 Å². The topological polar surface area (TPSA) is 56.2 Å². The van der Waals surface area contributed by atoms with Crippen LogP contribution in [0.5, 0.6) is 5.75 Å². The smallest absolute Gasteiger partial charge is 0.251 e. The molecule has 2 aromatic carbocycles. The molecular formula is C23H27N3O2. The number of carbonyl (C=O) groups is 1. The molecule has 0 bridgehead atoms. The highest BCUT2D eigenvalue weighted by atomic mass is 16.5. The summed E-state index contributed by atoms with van der Waals surface area (Å²) < 4.78 is 7.78. The minimum Gasteiger partial charge on any atom is -0.491 e. The summed E-state index contributed by atoms with van der Waals surface area (Å²) in [5.41, 5.74) is 4.97. The third-order valence-electron chi connectivity index (χ3n) is 4.61. The van der Waals surface area contributed by atoms with Crippen molar-refractivity contribution in [3.63, 3.8) is 0 Å². The highest BCUT2D eigenvalue weighted by Crippen LogP contribution is 2.16. The standard InChI is InChI=1S/C23H27N3O2/c1-16-7-5-6-8-22(16)28-15-18(3)24-23(27)21-11-9-20(10-12-21)14-26-19(4)13-17(2)25-26/h5-13,18H,14-15H2,1-4H3,(H,24,27). The van der Waals surface area contributed by atoms with Crippen molar-refractivity contribution < 1.29 is 9.53 Å². The molecule has 0 saturated heterocycles. The summed E-state index contributed by atoms with van der Waals surface area (Å²) in [4.78, 5) is 12.5. The zero-order valence-electron chi connectivity index (χ0n) is 16.9. The van der Waals surface area contributed by atoms with E-state index in [1.807, 2.05) is 80.9 Å². The number of aromatic nitrogens is 2. The molecule has 5 heteroatoms. The van der Waals surface area contributed by atoms with Crippen LogP contribution in [0.25, 0.3) is 0 Å². The van der Waals surface area contributed by atoms with E-state index < -0.39 is 0 Å². The maximum absolute atomic E-state index is 12.5. The molecule has 0 aliphatic heterocycles. The van der Waals surface area contributed by atoms with Crippen molar-refractivity contribution in [1.82, 2.24) is 15.1 Å². The van der Waals surface area contributed by atoms with E-state index in [-0.39, 0.29) is 11.9 Å². The van der Waals surface area contributed by atoms with Gasteiger partial charge in [-0.25, -0.2) is 0 Å². The number of ether oxygens (including phenoxy) is 1. The summed E-state index contributed by atoms with van der Waals surface area (Å²) in [5, 5.41) is 7.46. The average Bonchev–Trinajstić information content (AvgIpc) is 2.98. The van der Waals surface area contributed by atoms with Gasteiger partial charge in [0.1, 0.15) is 12.4 Å². The van der Waals surface area contributed by atoms with Gasteiger partial charge < -0.3 is 10.1 Å². The lowest BCUT2D eigenvalue weighted by molar-refractivity contribution is 0.0926. The Bertz CT molecular complexity index is 945. The van der Waals surface area contributed by atoms with E-state index >= 15 is 0 Å². The minimum absolute atomic E-state index is 0.0959. The fourth-order valence-corrected chi connectivity index (χ4v) is 3.05. The maximum Gasteiger partial charge on any atom is 0.251 e. The number of rotatable bonds is 7. The van der Waals surface area contributed by atoms with Crippen LogP contribution in [0.2, 0.25) is 0 Å². The molecule has 1 heterocycles. The van der Waals surface area contributed by atoms with Gasteiger partial charge in [-0.15, -0.1) is 0 Å². The Morgan fingerprint density at radius 2 is 1.82 bits per heavy atom. The molecule has 0 saturated carbocycles. The predicted octanol–water partition coefficient (Wildman–Crippen LogP) is 4.05. The molecule has 0 aliphatic rings. The second-order valence-electron chi connectivity index (χ2n) is 7.23. The van der Waals surface area contributed by atoms with Crippen molar-refractivity contribution in [3.8, 4) is 5.75 Å². The second kappa shape index (κ2) is 8.74. The first-order valence-electron chi connectivity index (χ1n) is 9.51. The lowest BCUT2D eigenvalue weighted by atomic mass is 10.1. The zero-order valence-corrected chi connectivity index (χ0v) is 16.9. The Balaban J connectivity index is 1.54. The van der Waals surface area contributed by atoms with E-state index in [0.29, 0.717) is 18.7 Å². The number of hydrogen-bond donors (Lipinski definition) is 1.